The lowest BCUT2D eigenvalue weighted by atomic mass is 9.59. The minimum atomic E-state index is -1.19. The number of benzene rings is 2. The van der Waals surface area contributed by atoms with Gasteiger partial charge in [-0.15, -0.1) is 0 Å². The van der Waals surface area contributed by atoms with E-state index in [-0.39, 0.29) is 69.6 Å². The summed E-state index contributed by atoms with van der Waals surface area (Å²) in [7, 11) is 2.83. The summed E-state index contributed by atoms with van der Waals surface area (Å²) in [4.78, 5) is 67.4. The Morgan fingerprint density at radius 2 is 1.67 bits per heavy atom. The van der Waals surface area contributed by atoms with Crippen molar-refractivity contribution in [3.63, 3.8) is 0 Å². The number of rotatable bonds is 5. The molecule has 3 aliphatic carbocycles. The van der Waals surface area contributed by atoms with Crippen LogP contribution >= 0.6 is 0 Å². The highest BCUT2D eigenvalue weighted by atomic mass is 16.5. The van der Waals surface area contributed by atoms with Gasteiger partial charge in [0, 0.05) is 40.3 Å². The Labute approximate surface area is 240 Å². The van der Waals surface area contributed by atoms with Crippen molar-refractivity contribution in [3.8, 4) is 17.2 Å². The molecule has 4 atom stereocenters. The number of Topliss-reactive ketones (excluding diaryl/α,β-unsaturated/α-hetero) is 1. The van der Waals surface area contributed by atoms with Crippen LogP contribution in [0.3, 0.4) is 0 Å². The standard InChI is InChI=1S/C32H27NO9/c1-14-9-22(35)21-13-20-18(26(27(21)29(14)36)28-23(41-2)11-17(34)12-24(28)42-3)7-8-19-25(20)31(38)33(30(19)37)16-6-4-5-15(10-16)32(39)40/h4-7,9-12,19-20,25-26,34H,8,13H2,1-3H3,(H,39,40)/t19-,20+,25-,26-/m0/s1. The van der Waals surface area contributed by atoms with Gasteiger partial charge in [-0.3, -0.25) is 24.1 Å². The molecule has 2 aromatic carbocycles. The van der Waals surface area contributed by atoms with Crippen molar-refractivity contribution in [1.29, 1.82) is 0 Å². The summed E-state index contributed by atoms with van der Waals surface area (Å²) >= 11 is 0. The van der Waals surface area contributed by atoms with E-state index in [4.69, 9.17) is 9.47 Å². The summed E-state index contributed by atoms with van der Waals surface area (Å²) in [6, 6.07) is 8.45. The molecule has 2 amide bonds. The first-order chi connectivity index (χ1) is 20.1. The molecule has 2 aromatic rings. The largest absolute Gasteiger partial charge is 0.508 e. The number of phenols is 1. The number of allylic oxidation sites excluding steroid dienone is 6. The maximum Gasteiger partial charge on any atom is 0.335 e. The third-order valence-corrected chi connectivity index (χ3v) is 8.73. The number of nitrogens with zero attached hydrogens (tertiary/aromatic N) is 1. The van der Waals surface area contributed by atoms with E-state index in [1.54, 1.807) is 6.92 Å². The van der Waals surface area contributed by atoms with E-state index in [1.807, 2.05) is 6.08 Å². The second-order valence-electron chi connectivity index (χ2n) is 10.9. The topological polar surface area (TPSA) is 148 Å². The molecule has 42 heavy (non-hydrogen) atoms. The number of carbonyl (C=O) groups excluding carboxylic acids is 4. The number of ketones is 2. The maximum absolute atomic E-state index is 14.0. The molecule has 1 fully saturated rings. The number of aromatic carboxylic acids is 1. The number of methoxy groups -OCH3 is 2. The fourth-order valence-corrected chi connectivity index (χ4v) is 6.93. The fourth-order valence-electron chi connectivity index (χ4n) is 6.93. The highest BCUT2D eigenvalue weighted by Crippen LogP contribution is 2.58. The number of anilines is 1. The number of carbonyl (C=O) groups is 5. The quantitative estimate of drug-likeness (QED) is 0.312. The number of amides is 2. The van der Waals surface area contributed by atoms with Crippen molar-refractivity contribution >= 4 is 35.0 Å². The van der Waals surface area contributed by atoms with Gasteiger partial charge in [0.25, 0.3) is 0 Å². The Morgan fingerprint density at radius 3 is 2.31 bits per heavy atom. The molecule has 0 aromatic heterocycles. The number of hydrogen-bond donors (Lipinski definition) is 2. The average Bonchev–Trinajstić information content (AvgIpc) is 3.23. The zero-order valence-electron chi connectivity index (χ0n) is 23.0. The van der Waals surface area contributed by atoms with Crippen molar-refractivity contribution in [2.45, 2.75) is 25.7 Å². The van der Waals surface area contributed by atoms with E-state index in [2.05, 4.69) is 0 Å². The van der Waals surface area contributed by atoms with E-state index in [9.17, 15) is 34.2 Å². The average molecular weight is 570 g/mol. The Kier molecular flexibility index (Phi) is 6.36. The van der Waals surface area contributed by atoms with Crippen molar-refractivity contribution in [1.82, 2.24) is 0 Å². The van der Waals surface area contributed by atoms with Gasteiger partial charge < -0.3 is 19.7 Å². The maximum atomic E-state index is 14.0. The first kappa shape index (κ1) is 27.2. The molecule has 4 aliphatic rings. The molecule has 0 bridgehead atoms. The van der Waals surface area contributed by atoms with Gasteiger partial charge in [0.05, 0.1) is 37.3 Å². The summed E-state index contributed by atoms with van der Waals surface area (Å²) in [5, 5.41) is 19.8. The molecular weight excluding hydrogens is 542 g/mol. The molecule has 10 nitrogen and oxygen atoms in total. The van der Waals surface area contributed by atoms with E-state index >= 15 is 0 Å². The number of carboxylic acids is 1. The lowest BCUT2D eigenvalue weighted by molar-refractivity contribution is -0.123. The summed E-state index contributed by atoms with van der Waals surface area (Å²) in [6.07, 6.45) is 3.44. The molecule has 0 spiro atoms. The van der Waals surface area contributed by atoms with Crippen LogP contribution in [0.2, 0.25) is 0 Å². The number of aromatic hydroxyl groups is 1. The number of carboxylic acid groups (broad SMARTS) is 1. The second-order valence-corrected chi connectivity index (χ2v) is 10.9. The van der Waals surface area contributed by atoms with Gasteiger partial charge in [-0.25, -0.2) is 4.79 Å². The van der Waals surface area contributed by atoms with Crippen LogP contribution in [-0.2, 0) is 19.2 Å². The van der Waals surface area contributed by atoms with Crippen molar-refractivity contribution in [2.75, 3.05) is 19.1 Å². The summed E-state index contributed by atoms with van der Waals surface area (Å²) in [5.74, 6) is -5.43. The molecule has 214 valence electrons. The van der Waals surface area contributed by atoms with Crippen LogP contribution < -0.4 is 14.4 Å². The van der Waals surface area contributed by atoms with E-state index in [0.29, 0.717) is 11.1 Å². The van der Waals surface area contributed by atoms with Crippen LogP contribution in [0.15, 0.2) is 70.8 Å². The monoisotopic (exact) mass is 569 g/mol. The second kappa shape index (κ2) is 9.83. The zero-order chi connectivity index (χ0) is 30.0. The zero-order valence-corrected chi connectivity index (χ0v) is 23.0. The lowest BCUT2D eigenvalue weighted by Crippen LogP contribution is -2.40. The van der Waals surface area contributed by atoms with Gasteiger partial charge in [0.1, 0.15) is 17.2 Å². The number of ether oxygens (including phenoxy) is 2. The molecule has 1 aliphatic heterocycles. The van der Waals surface area contributed by atoms with Crippen LogP contribution in [0.25, 0.3) is 0 Å². The van der Waals surface area contributed by atoms with E-state index < -0.39 is 41.5 Å². The van der Waals surface area contributed by atoms with Crippen molar-refractivity contribution in [3.05, 3.63) is 82.0 Å². The molecule has 0 saturated carbocycles. The van der Waals surface area contributed by atoms with Crippen LogP contribution in [0, 0.1) is 17.8 Å². The van der Waals surface area contributed by atoms with E-state index in [1.165, 1.54) is 56.7 Å². The van der Waals surface area contributed by atoms with Crippen LogP contribution in [0.1, 0.15) is 41.6 Å². The molecule has 2 N–H and O–H groups in total. The lowest BCUT2D eigenvalue weighted by Gasteiger charge is -2.42. The molecule has 0 unspecified atom stereocenters. The number of fused-ring (bicyclic) bond motifs is 3. The number of phenolic OH excluding ortho intramolecular Hbond substituents is 1. The SMILES string of the molecule is COc1cc(O)cc(OC)c1[C@H]1C2=CC[C@@H]3C(=O)N(c4cccc(C(=O)O)c4)C(=O)[C@@H]3[C@@H]2CC2=C1C(=O)C(C)=CC2=O. The number of hydrogen-bond acceptors (Lipinski definition) is 8. The van der Waals surface area contributed by atoms with Gasteiger partial charge in [0.2, 0.25) is 11.8 Å². The first-order valence-electron chi connectivity index (χ1n) is 13.4. The van der Waals surface area contributed by atoms with Crippen LogP contribution in [0.4, 0.5) is 5.69 Å². The third-order valence-electron chi connectivity index (χ3n) is 8.73. The molecule has 1 heterocycles. The van der Waals surface area contributed by atoms with Gasteiger partial charge >= 0.3 is 5.97 Å². The minimum Gasteiger partial charge on any atom is -0.508 e. The van der Waals surface area contributed by atoms with Crippen LogP contribution in [0.5, 0.6) is 17.2 Å². The highest BCUT2D eigenvalue weighted by Gasteiger charge is 2.57. The Balaban J connectivity index is 1.53. The van der Waals surface area contributed by atoms with Crippen molar-refractivity contribution in [2.24, 2.45) is 17.8 Å². The van der Waals surface area contributed by atoms with Crippen molar-refractivity contribution < 1.29 is 43.7 Å². The molecular formula is C32H27NO9. The number of imide groups is 1. The Hall–Kier alpha value is -4.99. The van der Waals surface area contributed by atoms with Gasteiger partial charge in [-0.05, 0) is 50.0 Å². The third kappa shape index (κ3) is 3.89. The van der Waals surface area contributed by atoms with Gasteiger partial charge in [-0.2, -0.15) is 0 Å². The van der Waals surface area contributed by atoms with E-state index in [0.717, 1.165) is 4.90 Å². The molecule has 10 heteroatoms. The smallest absolute Gasteiger partial charge is 0.335 e. The molecule has 0 radical (unpaired) electrons. The summed E-state index contributed by atoms with van der Waals surface area (Å²) in [5.41, 5.74) is 2.04. The molecule has 1 saturated heterocycles. The molecule has 6 rings (SSSR count). The Bertz CT molecular complexity index is 1690. The predicted octanol–water partition coefficient (Wildman–Crippen LogP) is 3.74. The predicted molar refractivity (Wildman–Crippen MR) is 148 cm³/mol. The minimum absolute atomic E-state index is 0.0608. The summed E-state index contributed by atoms with van der Waals surface area (Å²) in [6.45, 7) is 1.58. The van der Waals surface area contributed by atoms with Crippen LogP contribution in [-0.4, -0.2) is 53.8 Å². The van der Waals surface area contributed by atoms with Gasteiger partial charge in [-0.1, -0.05) is 17.7 Å². The Morgan fingerprint density at radius 1 is 0.976 bits per heavy atom. The first-order valence-corrected chi connectivity index (χ1v) is 13.4. The fraction of sp³-hybridized carbons (Fsp3) is 0.281. The normalized spacial score (nSPS) is 25.0. The highest BCUT2D eigenvalue weighted by molar-refractivity contribution is 6.25. The summed E-state index contributed by atoms with van der Waals surface area (Å²) < 4.78 is 11.2. The van der Waals surface area contributed by atoms with Gasteiger partial charge in [0.15, 0.2) is 11.6 Å².